The van der Waals surface area contributed by atoms with Crippen LogP contribution in [0.2, 0.25) is 0 Å². The van der Waals surface area contributed by atoms with Gasteiger partial charge in [-0.3, -0.25) is 4.79 Å². The molecule has 0 spiro atoms. The smallest absolute Gasteiger partial charge is 0.352 e. The molecule has 0 saturated heterocycles. The van der Waals surface area contributed by atoms with E-state index in [1.165, 1.54) is 15.5 Å². The second-order valence-corrected chi connectivity index (χ2v) is 4.89. The van der Waals surface area contributed by atoms with E-state index in [2.05, 4.69) is 0 Å². The van der Waals surface area contributed by atoms with E-state index in [0.717, 1.165) is 0 Å². The highest BCUT2D eigenvalue weighted by Gasteiger charge is 2.20. The third-order valence-corrected chi connectivity index (χ3v) is 2.40. The van der Waals surface area contributed by atoms with E-state index in [0.29, 0.717) is 0 Å². The Labute approximate surface area is 105 Å². The van der Waals surface area contributed by atoms with Gasteiger partial charge in [0.1, 0.15) is 12.2 Å². The predicted molar refractivity (Wildman–Crippen MR) is 65.3 cm³/mol. The molecule has 0 atom stereocenters. The molecule has 0 fully saturated rings. The number of amides is 1. The molecule has 0 aliphatic heterocycles. The second kappa shape index (κ2) is 5.22. The highest BCUT2D eigenvalue weighted by Crippen LogP contribution is 2.06. The molecule has 0 aliphatic carbocycles. The molecule has 0 aromatic carbocycles. The van der Waals surface area contributed by atoms with Crippen LogP contribution >= 0.6 is 0 Å². The molecule has 1 amide bonds. The number of aromatic carboxylic acids is 1. The van der Waals surface area contributed by atoms with Gasteiger partial charge in [-0.25, -0.2) is 4.79 Å². The van der Waals surface area contributed by atoms with Gasteiger partial charge in [-0.05, 0) is 26.0 Å². The number of hydrogen-bond donors (Lipinski definition) is 2. The number of carbonyl (C=O) groups is 2. The minimum absolute atomic E-state index is 0.0544. The number of rotatable bonds is 5. The lowest BCUT2D eigenvalue weighted by molar-refractivity contribution is -0.133. The Morgan fingerprint density at radius 1 is 1.44 bits per heavy atom. The summed E-state index contributed by atoms with van der Waals surface area (Å²) in [4.78, 5) is 24.1. The number of hydrogen-bond acceptors (Lipinski definition) is 3. The maximum Gasteiger partial charge on any atom is 0.352 e. The van der Waals surface area contributed by atoms with Crippen molar-refractivity contribution in [3.05, 3.63) is 24.0 Å². The van der Waals surface area contributed by atoms with Crippen molar-refractivity contribution in [2.75, 3.05) is 13.6 Å². The van der Waals surface area contributed by atoms with Gasteiger partial charge in [0.05, 0.1) is 5.60 Å². The number of carboxylic acid groups (broad SMARTS) is 1. The first-order chi connectivity index (χ1) is 8.20. The van der Waals surface area contributed by atoms with Crippen molar-refractivity contribution in [1.29, 1.82) is 0 Å². The van der Waals surface area contributed by atoms with Crippen LogP contribution in [-0.4, -0.2) is 50.8 Å². The number of aromatic nitrogens is 1. The molecule has 6 heteroatoms. The third kappa shape index (κ3) is 3.89. The van der Waals surface area contributed by atoms with Gasteiger partial charge in [-0.15, -0.1) is 0 Å². The van der Waals surface area contributed by atoms with Crippen molar-refractivity contribution in [3.63, 3.8) is 0 Å². The minimum Gasteiger partial charge on any atom is -0.477 e. The normalized spacial score (nSPS) is 11.3. The first-order valence-electron chi connectivity index (χ1n) is 5.55. The molecule has 100 valence electrons. The van der Waals surface area contributed by atoms with E-state index >= 15 is 0 Å². The van der Waals surface area contributed by atoms with Crippen LogP contribution in [0.5, 0.6) is 0 Å². The first kappa shape index (κ1) is 14.2. The first-order valence-corrected chi connectivity index (χ1v) is 5.55. The van der Waals surface area contributed by atoms with Crippen LogP contribution < -0.4 is 0 Å². The van der Waals surface area contributed by atoms with E-state index in [4.69, 9.17) is 5.11 Å². The number of likely N-dealkylation sites (N-methyl/N-ethyl adjacent to an activating group) is 1. The maximum atomic E-state index is 11.9. The average Bonchev–Trinajstić information content (AvgIpc) is 2.62. The fraction of sp³-hybridized carbons (Fsp3) is 0.500. The quantitative estimate of drug-likeness (QED) is 0.797. The van der Waals surface area contributed by atoms with Crippen molar-refractivity contribution < 1.29 is 19.8 Å². The Balaban J connectivity index is 2.70. The highest BCUT2D eigenvalue weighted by atomic mass is 16.4. The summed E-state index contributed by atoms with van der Waals surface area (Å²) in [5, 5.41) is 18.5. The van der Waals surface area contributed by atoms with Crippen LogP contribution in [0.4, 0.5) is 0 Å². The molecule has 0 radical (unpaired) electrons. The van der Waals surface area contributed by atoms with E-state index in [1.54, 1.807) is 33.2 Å². The van der Waals surface area contributed by atoms with Crippen molar-refractivity contribution in [3.8, 4) is 0 Å². The van der Waals surface area contributed by atoms with Gasteiger partial charge in [0, 0.05) is 19.8 Å². The summed E-state index contributed by atoms with van der Waals surface area (Å²) in [7, 11) is 1.57. The molecule has 6 nitrogen and oxygen atoms in total. The van der Waals surface area contributed by atoms with Crippen molar-refractivity contribution in [2.24, 2.45) is 0 Å². The fourth-order valence-corrected chi connectivity index (χ4v) is 1.68. The molecule has 18 heavy (non-hydrogen) atoms. The van der Waals surface area contributed by atoms with Crippen LogP contribution in [0.15, 0.2) is 18.3 Å². The fourth-order valence-electron chi connectivity index (χ4n) is 1.68. The van der Waals surface area contributed by atoms with Crippen molar-refractivity contribution in [1.82, 2.24) is 9.47 Å². The van der Waals surface area contributed by atoms with Gasteiger partial charge < -0.3 is 19.7 Å². The van der Waals surface area contributed by atoms with Gasteiger partial charge in [-0.2, -0.15) is 0 Å². The molecule has 0 saturated carbocycles. The lowest BCUT2D eigenvalue weighted by Gasteiger charge is -2.25. The molecule has 1 rings (SSSR count). The standard InChI is InChI=1S/C12H18N2O4/c1-12(2,18)8-13(3)10(15)7-14-6-4-5-9(14)11(16)17/h4-6,18H,7-8H2,1-3H3,(H,16,17). The number of nitrogens with zero attached hydrogens (tertiary/aromatic N) is 2. The maximum absolute atomic E-state index is 11.9. The van der Waals surface area contributed by atoms with Crippen LogP contribution in [0, 0.1) is 0 Å². The topological polar surface area (TPSA) is 82.8 Å². The van der Waals surface area contributed by atoms with Gasteiger partial charge in [0.25, 0.3) is 0 Å². The van der Waals surface area contributed by atoms with Crippen LogP contribution in [0.25, 0.3) is 0 Å². The zero-order valence-electron chi connectivity index (χ0n) is 10.8. The lowest BCUT2D eigenvalue weighted by atomic mass is 10.1. The van der Waals surface area contributed by atoms with E-state index in [-0.39, 0.29) is 24.7 Å². The van der Waals surface area contributed by atoms with Gasteiger partial charge >= 0.3 is 5.97 Å². The minimum atomic E-state index is -1.07. The molecule has 1 aromatic heterocycles. The monoisotopic (exact) mass is 254 g/mol. The zero-order chi connectivity index (χ0) is 13.9. The Kier molecular flexibility index (Phi) is 4.13. The van der Waals surface area contributed by atoms with Gasteiger partial charge in [-0.1, -0.05) is 0 Å². The number of carboxylic acids is 1. The summed E-state index contributed by atoms with van der Waals surface area (Å²) in [5.74, 6) is -1.33. The summed E-state index contributed by atoms with van der Waals surface area (Å²) in [6.45, 7) is 3.35. The second-order valence-electron chi connectivity index (χ2n) is 4.89. The highest BCUT2D eigenvalue weighted by molar-refractivity contribution is 5.86. The van der Waals surface area contributed by atoms with E-state index < -0.39 is 11.6 Å². The Hall–Kier alpha value is -1.82. The lowest BCUT2D eigenvalue weighted by Crippen LogP contribution is -2.41. The Morgan fingerprint density at radius 2 is 2.06 bits per heavy atom. The molecular weight excluding hydrogens is 236 g/mol. The number of carbonyl (C=O) groups excluding carboxylic acids is 1. The largest absolute Gasteiger partial charge is 0.477 e. The van der Waals surface area contributed by atoms with Crippen molar-refractivity contribution in [2.45, 2.75) is 26.0 Å². The van der Waals surface area contributed by atoms with Crippen LogP contribution in [0.3, 0.4) is 0 Å². The predicted octanol–water partition coefficient (Wildman–Crippen LogP) is 0.416. The summed E-state index contributed by atoms with van der Waals surface area (Å²) >= 11 is 0. The summed E-state index contributed by atoms with van der Waals surface area (Å²) in [6, 6.07) is 3.01. The Morgan fingerprint density at radius 3 is 2.56 bits per heavy atom. The molecular formula is C12H18N2O4. The number of aliphatic hydroxyl groups is 1. The SMILES string of the molecule is CN(CC(C)(C)O)C(=O)Cn1cccc1C(=O)O. The molecule has 0 unspecified atom stereocenters. The van der Waals surface area contributed by atoms with Crippen LogP contribution in [0.1, 0.15) is 24.3 Å². The molecule has 0 bridgehead atoms. The van der Waals surface area contributed by atoms with E-state index in [1.807, 2.05) is 0 Å². The summed E-state index contributed by atoms with van der Waals surface area (Å²) < 4.78 is 1.37. The summed E-state index contributed by atoms with van der Waals surface area (Å²) in [6.07, 6.45) is 1.54. The van der Waals surface area contributed by atoms with Crippen LogP contribution in [-0.2, 0) is 11.3 Å². The third-order valence-electron chi connectivity index (χ3n) is 2.40. The molecule has 2 N–H and O–H groups in total. The zero-order valence-corrected chi connectivity index (χ0v) is 10.8. The van der Waals surface area contributed by atoms with E-state index in [9.17, 15) is 14.7 Å². The molecule has 1 heterocycles. The van der Waals surface area contributed by atoms with Gasteiger partial charge in [0.15, 0.2) is 0 Å². The summed E-state index contributed by atoms with van der Waals surface area (Å²) in [5.41, 5.74) is -0.906. The molecule has 0 aliphatic rings. The average molecular weight is 254 g/mol. The molecule has 1 aromatic rings. The van der Waals surface area contributed by atoms with Crippen molar-refractivity contribution >= 4 is 11.9 Å². The Bertz CT molecular complexity index is 445. The van der Waals surface area contributed by atoms with Gasteiger partial charge in [0.2, 0.25) is 5.91 Å².